The molecule has 0 saturated heterocycles. The molecule has 1 N–H and O–H groups in total. The molecule has 0 bridgehead atoms. The summed E-state index contributed by atoms with van der Waals surface area (Å²) in [5.41, 5.74) is 0. The van der Waals surface area contributed by atoms with Gasteiger partial charge >= 0.3 is 0 Å². The summed E-state index contributed by atoms with van der Waals surface area (Å²) in [7, 11) is 1.72. The highest BCUT2D eigenvalue weighted by Crippen LogP contribution is 2.14. The second-order valence-electron chi connectivity index (χ2n) is 3.47. The Kier molecular flexibility index (Phi) is 4.70. The van der Waals surface area contributed by atoms with Gasteiger partial charge in [-0.15, -0.1) is 0 Å². The minimum atomic E-state index is 0.278. The highest BCUT2D eigenvalue weighted by atomic mass is 16.5. The third kappa shape index (κ3) is 3.52. The summed E-state index contributed by atoms with van der Waals surface area (Å²) in [6.45, 7) is 5.82. The number of nitrogens with one attached hydrogen (secondary N) is 1. The van der Waals surface area contributed by atoms with Crippen molar-refractivity contribution >= 4 is 0 Å². The Bertz CT molecular complexity index is 258. The van der Waals surface area contributed by atoms with Crippen LogP contribution in [0.1, 0.15) is 30.9 Å². The fourth-order valence-electron chi connectivity index (χ4n) is 1.32. The van der Waals surface area contributed by atoms with Gasteiger partial charge in [-0.1, -0.05) is 0 Å². The largest absolute Gasteiger partial charge is 0.465 e. The van der Waals surface area contributed by atoms with E-state index in [2.05, 4.69) is 12.2 Å². The third-order valence-electron chi connectivity index (χ3n) is 2.16. The number of hydrogen-bond acceptors (Lipinski definition) is 3. The molecule has 1 atom stereocenters. The van der Waals surface area contributed by atoms with E-state index in [-0.39, 0.29) is 6.04 Å². The van der Waals surface area contributed by atoms with Crippen molar-refractivity contribution in [1.29, 1.82) is 0 Å². The molecule has 0 aliphatic carbocycles. The van der Waals surface area contributed by atoms with Gasteiger partial charge in [0.1, 0.15) is 11.5 Å². The van der Waals surface area contributed by atoms with Gasteiger partial charge in [0.05, 0.1) is 6.04 Å². The number of furan rings is 1. The zero-order valence-electron chi connectivity index (χ0n) is 9.17. The Morgan fingerprint density at radius 2 is 2.29 bits per heavy atom. The lowest BCUT2D eigenvalue weighted by Crippen LogP contribution is -2.20. The standard InChI is InChI=1S/C11H19NO2/c1-9-5-6-11(14-9)10(2)12-7-4-8-13-3/h5-6,10,12H,4,7-8H2,1-3H3. The molecule has 14 heavy (non-hydrogen) atoms. The van der Waals surface area contributed by atoms with Crippen molar-refractivity contribution in [1.82, 2.24) is 5.32 Å². The third-order valence-corrected chi connectivity index (χ3v) is 2.16. The second-order valence-corrected chi connectivity index (χ2v) is 3.47. The first-order valence-electron chi connectivity index (χ1n) is 5.02. The van der Waals surface area contributed by atoms with Crippen LogP contribution in [0.4, 0.5) is 0 Å². The number of ether oxygens (including phenoxy) is 1. The first kappa shape index (κ1) is 11.3. The SMILES string of the molecule is COCCCNC(C)c1ccc(C)o1. The van der Waals surface area contributed by atoms with Crippen LogP contribution in [-0.2, 0) is 4.74 Å². The molecule has 0 aromatic carbocycles. The van der Waals surface area contributed by atoms with E-state index in [0.717, 1.165) is 31.1 Å². The van der Waals surface area contributed by atoms with Crippen LogP contribution >= 0.6 is 0 Å². The Morgan fingerprint density at radius 1 is 1.50 bits per heavy atom. The molecule has 1 rings (SSSR count). The van der Waals surface area contributed by atoms with Crippen molar-refractivity contribution in [2.24, 2.45) is 0 Å². The van der Waals surface area contributed by atoms with Crippen LogP contribution in [0.15, 0.2) is 16.5 Å². The molecule has 1 unspecified atom stereocenters. The molecule has 3 nitrogen and oxygen atoms in total. The molecule has 0 spiro atoms. The normalized spacial score (nSPS) is 13.1. The van der Waals surface area contributed by atoms with E-state index in [1.54, 1.807) is 7.11 Å². The number of hydrogen-bond donors (Lipinski definition) is 1. The van der Waals surface area contributed by atoms with E-state index < -0.39 is 0 Å². The van der Waals surface area contributed by atoms with Crippen molar-refractivity contribution in [2.75, 3.05) is 20.3 Å². The van der Waals surface area contributed by atoms with Gasteiger partial charge in [0.15, 0.2) is 0 Å². The Morgan fingerprint density at radius 3 is 2.86 bits per heavy atom. The van der Waals surface area contributed by atoms with Crippen molar-refractivity contribution in [3.8, 4) is 0 Å². The van der Waals surface area contributed by atoms with Crippen LogP contribution in [-0.4, -0.2) is 20.3 Å². The van der Waals surface area contributed by atoms with Gasteiger partial charge in [-0.2, -0.15) is 0 Å². The van der Waals surface area contributed by atoms with E-state index in [4.69, 9.17) is 9.15 Å². The van der Waals surface area contributed by atoms with Gasteiger partial charge in [-0.05, 0) is 38.9 Å². The van der Waals surface area contributed by atoms with Crippen molar-refractivity contribution in [3.05, 3.63) is 23.7 Å². The van der Waals surface area contributed by atoms with E-state index in [1.807, 2.05) is 19.1 Å². The molecule has 0 amide bonds. The molecule has 0 saturated carbocycles. The fraction of sp³-hybridized carbons (Fsp3) is 0.636. The summed E-state index contributed by atoms with van der Waals surface area (Å²) >= 11 is 0. The minimum absolute atomic E-state index is 0.278. The highest BCUT2D eigenvalue weighted by molar-refractivity contribution is 5.08. The summed E-state index contributed by atoms with van der Waals surface area (Å²) in [6.07, 6.45) is 1.03. The van der Waals surface area contributed by atoms with E-state index in [1.165, 1.54) is 0 Å². The monoisotopic (exact) mass is 197 g/mol. The van der Waals surface area contributed by atoms with Gasteiger partial charge in [0.25, 0.3) is 0 Å². The van der Waals surface area contributed by atoms with Crippen molar-refractivity contribution < 1.29 is 9.15 Å². The molecule has 1 heterocycles. The first-order chi connectivity index (χ1) is 6.74. The van der Waals surface area contributed by atoms with Gasteiger partial charge in [-0.3, -0.25) is 0 Å². The summed E-state index contributed by atoms with van der Waals surface area (Å²) in [4.78, 5) is 0. The van der Waals surface area contributed by atoms with Crippen LogP contribution in [0.3, 0.4) is 0 Å². The molecule has 1 aromatic heterocycles. The maximum Gasteiger partial charge on any atom is 0.120 e. The van der Waals surface area contributed by atoms with Crippen LogP contribution in [0, 0.1) is 6.92 Å². The Hall–Kier alpha value is -0.800. The van der Waals surface area contributed by atoms with Crippen LogP contribution in [0.5, 0.6) is 0 Å². The summed E-state index contributed by atoms with van der Waals surface area (Å²) in [5, 5.41) is 3.37. The predicted molar refractivity (Wildman–Crippen MR) is 56.4 cm³/mol. The smallest absolute Gasteiger partial charge is 0.120 e. The zero-order chi connectivity index (χ0) is 10.4. The van der Waals surface area contributed by atoms with Crippen LogP contribution < -0.4 is 5.32 Å². The van der Waals surface area contributed by atoms with E-state index in [0.29, 0.717) is 0 Å². The van der Waals surface area contributed by atoms with Gasteiger partial charge in [0.2, 0.25) is 0 Å². The van der Waals surface area contributed by atoms with Crippen molar-refractivity contribution in [3.63, 3.8) is 0 Å². The number of aryl methyl sites for hydroxylation is 1. The molecule has 3 heteroatoms. The Labute approximate surface area is 85.4 Å². The average molecular weight is 197 g/mol. The lowest BCUT2D eigenvalue weighted by molar-refractivity contribution is 0.193. The predicted octanol–water partition coefficient (Wildman–Crippen LogP) is 2.28. The zero-order valence-corrected chi connectivity index (χ0v) is 9.17. The maximum atomic E-state index is 5.51. The van der Waals surface area contributed by atoms with Crippen LogP contribution in [0.2, 0.25) is 0 Å². The minimum Gasteiger partial charge on any atom is -0.465 e. The molecule has 80 valence electrons. The topological polar surface area (TPSA) is 34.4 Å². The quantitative estimate of drug-likeness (QED) is 0.710. The molecule has 0 radical (unpaired) electrons. The molecular formula is C11H19NO2. The van der Waals surface area contributed by atoms with E-state index >= 15 is 0 Å². The van der Waals surface area contributed by atoms with Gasteiger partial charge < -0.3 is 14.5 Å². The second kappa shape index (κ2) is 5.83. The summed E-state index contributed by atoms with van der Waals surface area (Å²) in [6, 6.07) is 4.28. The average Bonchev–Trinajstić information content (AvgIpc) is 2.59. The Balaban J connectivity index is 2.25. The molecule has 0 fully saturated rings. The van der Waals surface area contributed by atoms with E-state index in [9.17, 15) is 0 Å². The maximum absolute atomic E-state index is 5.51. The van der Waals surface area contributed by atoms with Crippen LogP contribution in [0.25, 0.3) is 0 Å². The fourth-order valence-corrected chi connectivity index (χ4v) is 1.32. The molecule has 0 aliphatic heterocycles. The summed E-state index contributed by atoms with van der Waals surface area (Å²) in [5.74, 6) is 1.96. The molecule has 1 aromatic rings. The lowest BCUT2D eigenvalue weighted by Gasteiger charge is -2.10. The lowest BCUT2D eigenvalue weighted by atomic mass is 10.2. The number of methoxy groups -OCH3 is 1. The summed E-state index contributed by atoms with van der Waals surface area (Å²) < 4.78 is 10.5. The highest BCUT2D eigenvalue weighted by Gasteiger charge is 2.07. The molecular weight excluding hydrogens is 178 g/mol. The first-order valence-corrected chi connectivity index (χ1v) is 5.02. The number of rotatable bonds is 6. The van der Waals surface area contributed by atoms with Gasteiger partial charge in [-0.25, -0.2) is 0 Å². The van der Waals surface area contributed by atoms with Gasteiger partial charge in [0, 0.05) is 13.7 Å². The molecule has 0 aliphatic rings. The van der Waals surface area contributed by atoms with Crippen molar-refractivity contribution in [2.45, 2.75) is 26.3 Å².